The minimum Gasteiger partial charge on any atom is -0.448 e. The van der Waals surface area contributed by atoms with Gasteiger partial charge in [-0.25, -0.2) is 0 Å². The summed E-state index contributed by atoms with van der Waals surface area (Å²) >= 11 is 5.92. The molecule has 2 aromatic rings. The molecule has 112 valence electrons. The first-order chi connectivity index (χ1) is 10.3. The van der Waals surface area contributed by atoms with Crippen LogP contribution < -0.4 is 5.32 Å². The third kappa shape index (κ3) is 3.33. The fourth-order valence-electron chi connectivity index (χ4n) is 2.86. The number of benzene rings is 1. The molecule has 3 rings (SSSR count). The summed E-state index contributed by atoms with van der Waals surface area (Å²) in [6.45, 7) is 3.12. The zero-order valence-electron chi connectivity index (χ0n) is 12.4. The summed E-state index contributed by atoms with van der Waals surface area (Å²) in [4.78, 5) is 0. The summed E-state index contributed by atoms with van der Waals surface area (Å²) < 4.78 is 5.61. The van der Waals surface area contributed by atoms with Gasteiger partial charge in [-0.3, -0.25) is 0 Å². The second kappa shape index (κ2) is 6.67. The van der Waals surface area contributed by atoms with Gasteiger partial charge in [0.25, 0.3) is 0 Å². The van der Waals surface area contributed by atoms with Crippen LogP contribution in [-0.4, -0.2) is 6.54 Å². The van der Waals surface area contributed by atoms with Gasteiger partial charge in [0.2, 0.25) is 0 Å². The zero-order chi connectivity index (χ0) is 14.7. The molecule has 1 fully saturated rings. The van der Waals surface area contributed by atoms with Crippen molar-refractivity contribution in [2.45, 2.75) is 44.6 Å². The normalized spacial score (nSPS) is 16.7. The lowest BCUT2D eigenvalue weighted by atomic mass is 9.80. The molecule has 0 aliphatic heterocycles. The quantitative estimate of drug-likeness (QED) is 0.784. The van der Waals surface area contributed by atoms with E-state index in [0.717, 1.165) is 24.6 Å². The van der Waals surface area contributed by atoms with Gasteiger partial charge in [-0.2, -0.15) is 0 Å². The maximum Gasteiger partial charge on any atom is 0.193 e. The predicted octanol–water partition coefficient (Wildman–Crippen LogP) is 5.29. The van der Waals surface area contributed by atoms with Crippen LogP contribution in [-0.2, 0) is 0 Å². The Morgan fingerprint density at radius 1 is 1.19 bits per heavy atom. The fourth-order valence-corrected chi connectivity index (χ4v) is 3.01. The van der Waals surface area contributed by atoms with Crippen LogP contribution in [0.2, 0.25) is 5.22 Å². The Bertz CT molecular complexity index is 571. The van der Waals surface area contributed by atoms with Crippen LogP contribution >= 0.6 is 11.6 Å². The largest absolute Gasteiger partial charge is 0.448 e. The zero-order valence-corrected chi connectivity index (χ0v) is 13.2. The molecule has 0 bridgehead atoms. The maximum absolute atomic E-state index is 5.92. The van der Waals surface area contributed by atoms with E-state index in [1.54, 1.807) is 6.07 Å². The lowest BCUT2D eigenvalue weighted by Gasteiger charge is -2.26. The summed E-state index contributed by atoms with van der Waals surface area (Å²) in [6, 6.07) is 12.8. The van der Waals surface area contributed by atoms with Gasteiger partial charge in [-0.1, -0.05) is 37.6 Å². The van der Waals surface area contributed by atoms with Crippen molar-refractivity contribution >= 4 is 11.6 Å². The van der Waals surface area contributed by atoms with Gasteiger partial charge < -0.3 is 9.73 Å². The highest BCUT2D eigenvalue weighted by Crippen LogP contribution is 2.37. The Morgan fingerprint density at radius 2 is 1.95 bits per heavy atom. The van der Waals surface area contributed by atoms with Crippen LogP contribution in [0.4, 0.5) is 0 Å². The Balaban J connectivity index is 1.81. The molecule has 3 heteroatoms. The topological polar surface area (TPSA) is 25.2 Å². The van der Waals surface area contributed by atoms with E-state index in [1.165, 1.54) is 30.4 Å². The second-order valence-electron chi connectivity index (χ2n) is 5.82. The molecule has 1 aliphatic carbocycles. The Kier molecular flexibility index (Phi) is 4.67. The van der Waals surface area contributed by atoms with E-state index in [9.17, 15) is 0 Å². The molecule has 21 heavy (non-hydrogen) atoms. The first-order valence-electron chi connectivity index (χ1n) is 7.86. The average Bonchev–Trinajstić information content (AvgIpc) is 2.85. The summed E-state index contributed by atoms with van der Waals surface area (Å²) in [7, 11) is 0. The van der Waals surface area contributed by atoms with Crippen molar-refractivity contribution in [1.29, 1.82) is 0 Å². The van der Waals surface area contributed by atoms with Gasteiger partial charge in [-0.15, -0.1) is 0 Å². The third-order valence-electron chi connectivity index (χ3n) is 4.32. The van der Waals surface area contributed by atoms with Crippen molar-refractivity contribution in [2.24, 2.45) is 0 Å². The fraction of sp³-hybridized carbons (Fsp3) is 0.444. The molecule has 1 saturated carbocycles. The van der Waals surface area contributed by atoms with Crippen LogP contribution in [0.3, 0.4) is 0 Å². The molecular formula is C18H22ClNO. The van der Waals surface area contributed by atoms with Gasteiger partial charge in [0, 0.05) is 0 Å². The van der Waals surface area contributed by atoms with Gasteiger partial charge in [-0.05, 0) is 66.6 Å². The summed E-state index contributed by atoms with van der Waals surface area (Å²) in [5.41, 5.74) is 2.70. The number of rotatable bonds is 6. The van der Waals surface area contributed by atoms with E-state index >= 15 is 0 Å². The van der Waals surface area contributed by atoms with Crippen LogP contribution in [0.1, 0.15) is 61.5 Å². The van der Waals surface area contributed by atoms with E-state index in [0.29, 0.717) is 5.22 Å². The highest BCUT2D eigenvalue weighted by molar-refractivity contribution is 6.28. The minimum atomic E-state index is 0.0768. The summed E-state index contributed by atoms with van der Waals surface area (Å²) in [5, 5.41) is 3.98. The molecule has 0 saturated heterocycles. The number of halogens is 1. The lowest BCUT2D eigenvalue weighted by Crippen LogP contribution is -2.22. The molecule has 1 aliphatic rings. The molecule has 0 radical (unpaired) electrons. The molecule has 1 aromatic heterocycles. The van der Waals surface area contributed by atoms with E-state index in [2.05, 4.69) is 36.5 Å². The lowest BCUT2D eigenvalue weighted by molar-refractivity contribution is 0.419. The number of hydrogen-bond donors (Lipinski definition) is 1. The Hall–Kier alpha value is -1.25. The molecule has 0 amide bonds. The summed E-state index contributed by atoms with van der Waals surface area (Å²) in [6.07, 6.45) is 5.14. The van der Waals surface area contributed by atoms with Crippen molar-refractivity contribution in [2.75, 3.05) is 6.54 Å². The van der Waals surface area contributed by atoms with Gasteiger partial charge in [0.1, 0.15) is 5.76 Å². The van der Waals surface area contributed by atoms with Crippen molar-refractivity contribution in [3.8, 4) is 0 Å². The van der Waals surface area contributed by atoms with Crippen LogP contribution in [0, 0.1) is 0 Å². The predicted molar refractivity (Wildman–Crippen MR) is 86.9 cm³/mol. The monoisotopic (exact) mass is 303 g/mol. The maximum atomic E-state index is 5.92. The Morgan fingerprint density at radius 3 is 2.48 bits per heavy atom. The molecule has 1 N–H and O–H groups in total. The highest BCUT2D eigenvalue weighted by atomic mass is 35.5. The van der Waals surface area contributed by atoms with Crippen molar-refractivity contribution in [3.05, 3.63) is 58.5 Å². The van der Waals surface area contributed by atoms with Crippen LogP contribution in [0.5, 0.6) is 0 Å². The molecule has 1 unspecified atom stereocenters. The number of hydrogen-bond acceptors (Lipinski definition) is 2. The average molecular weight is 304 g/mol. The molecule has 2 nitrogen and oxygen atoms in total. The van der Waals surface area contributed by atoms with Gasteiger partial charge in [0.05, 0.1) is 6.04 Å². The van der Waals surface area contributed by atoms with E-state index in [4.69, 9.17) is 16.0 Å². The summed E-state index contributed by atoms with van der Waals surface area (Å²) in [5.74, 6) is 1.66. The van der Waals surface area contributed by atoms with Gasteiger partial charge in [0.15, 0.2) is 5.22 Å². The van der Waals surface area contributed by atoms with Crippen LogP contribution in [0.15, 0.2) is 40.8 Å². The molecule has 1 aromatic carbocycles. The molecule has 0 spiro atoms. The van der Waals surface area contributed by atoms with Crippen LogP contribution in [0.25, 0.3) is 0 Å². The first-order valence-corrected chi connectivity index (χ1v) is 8.24. The molecular weight excluding hydrogens is 282 g/mol. The third-order valence-corrected chi connectivity index (χ3v) is 4.53. The second-order valence-corrected chi connectivity index (χ2v) is 6.20. The van der Waals surface area contributed by atoms with E-state index in [-0.39, 0.29) is 6.04 Å². The van der Waals surface area contributed by atoms with Crippen molar-refractivity contribution < 1.29 is 4.42 Å². The number of furan rings is 1. The number of nitrogens with one attached hydrogen (secondary N) is 1. The van der Waals surface area contributed by atoms with E-state index < -0.39 is 0 Å². The standard InChI is InChI=1S/C18H22ClNO/c1-2-12-20-18(16-10-11-17(19)21-16)15-8-6-14(7-9-15)13-4-3-5-13/h6-11,13,18,20H,2-5,12H2,1H3. The van der Waals surface area contributed by atoms with Gasteiger partial charge >= 0.3 is 0 Å². The molecule has 1 heterocycles. The first kappa shape index (κ1) is 14.7. The highest BCUT2D eigenvalue weighted by Gasteiger charge is 2.21. The molecule has 1 atom stereocenters. The van der Waals surface area contributed by atoms with Crippen molar-refractivity contribution in [3.63, 3.8) is 0 Å². The van der Waals surface area contributed by atoms with Crippen molar-refractivity contribution in [1.82, 2.24) is 5.32 Å². The Labute approximate surface area is 131 Å². The smallest absolute Gasteiger partial charge is 0.193 e. The minimum absolute atomic E-state index is 0.0768. The van der Waals surface area contributed by atoms with E-state index in [1.807, 2.05) is 6.07 Å². The SMILES string of the molecule is CCCNC(c1ccc(C2CCC2)cc1)c1ccc(Cl)o1.